The molecule has 0 saturated heterocycles. The van der Waals surface area contributed by atoms with Crippen LogP contribution in [0.15, 0.2) is 18.2 Å². The summed E-state index contributed by atoms with van der Waals surface area (Å²) in [6.07, 6.45) is 1.60. The number of hydrogen-bond donors (Lipinski definition) is 2. The molecule has 1 rings (SSSR count). The van der Waals surface area contributed by atoms with Gasteiger partial charge in [0.05, 0.1) is 6.54 Å². The second kappa shape index (κ2) is 7.53. The Labute approximate surface area is 126 Å². The first-order valence-corrected chi connectivity index (χ1v) is 8.33. The maximum Gasteiger partial charge on any atom is 0.279 e. The fourth-order valence-electron chi connectivity index (χ4n) is 1.87. The molecule has 1 amide bonds. The minimum atomic E-state index is -3.59. The van der Waals surface area contributed by atoms with E-state index >= 15 is 0 Å². The van der Waals surface area contributed by atoms with Gasteiger partial charge in [0.1, 0.15) is 0 Å². The number of hydrogen-bond acceptors (Lipinski definition) is 3. The zero-order chi connectivity index (χ0) is 16.0. The summed E-state index contributed by atoms with van der Waals surface area (Å²) in [5.41, 5.74) is 2.87. The fourth-order valence-corrected chi connectivity index (χ4v) is 2.44. The average Bonchev–Trinajstić information content (AvgIpc) is 2.45. The molecule has 0 heterocycles. The molecule has 0 aliphatic rings. The molecule has 0 unspecified atom stereocenters. The summed E-state index contributed by atoms with van der Waals surface area (Å²) in [6.45, 7) is 3.74. The molecule has 0 aliphatic carbocycles. The van der Waals surface area contributed by atoms with Crippen LogP contribution in [0.4, 0.5) is 5.69 Å². The number of anilines is 1. The average molecular weight is 313 g/mol. The molecule has 1 aromatic rings. The van der Waals surface area contributed by atoms with Gasteiger partial charge >= 0.3 is 0 Å². The number of para-hydroxylation sites is 1. The predicted molar refractivity (Wildman–Crippen MR) is 84.4 cm³/mol. The lowest BCUT2D eigenvalue weighted by molar-refractivity contribution is -0.115. The number of rotatable bonds is 7. The van der Waals surface area contributed by atoms with Crippen LogP contribution in [-0.2, 0) is 27.8 Å². The number of amides is 1. The number of carbonyl (C=O) groups excluding carboxylic acids is 1. The minimum Gasteiger partial charge on any atom is -0.324 e. The highest BCUT2D eigenvalue weighted by atomic mass is 32.2. The molecule has 1 aromatic carbocycles. The van der Waals surface area contributed by atoms with Gasteiger partial charge in [-0.3, -0.25) is 4.79 Å². The molecular formula is C14H23N3O3S. The van der Waals surface area contributed by atoms with Crippen molar-refractivity contribution in [2.45, 2.75) is 26.7 Å². The van der Waals surface area contributed by atoms with Crippen molar-refractivity contribution in [2.75, 3.05) is 26.0 Å². The maximum absolute atomic E-state index is 12.0. The van der Waals surface area contributed by atoms with Crippen LogP contribution >= 0.6 is 0 Å². The largest absolute Gasteiger partial charge is 0.324 e. The standard InChI is InChI=1S/C14H23N3O3S/c1-5-11-8-7-9-12(6-2)14(11)16-13(18)10-15-21(19,20)17(3)4/h7-9,15H,5-6,10H2,1-4H3,(H,16,18). The molecule has 0 aromatic heterocycles. The van der Waals surface area contributed by atoms with Gasteiger partial charge in [-0.05, 0) is 24.0 Å². The van der Waals surface area contributed by atoms with Gasteiger partial charge in [0, 0.05) is 19.8 Å². The second-order valence-corrected chi connectivity index (χ2v) is 6.78. The van der Waals surface area contributed by atoms with Crippen molar-refractivity contribution in [3.8, 4) is 0 Å². The van der Waals surface area contributed by atoms with E-state index in [1.165, 1.54) is 14.1 Å². The Hall–Kier alpha value is -1.44. The molecule has 0 bridgehead atoms. The van der Waals surface area contributed by atoms with E-state index in [1.54, 1.807) is 0 Å². The van der Waals surface area contributed by atoms with Crippen molar-refractivity contribution in [2.24, 2.45) is 0 Å². The van der Waals surface area contributed by atoms with E-state index in [4.69, 9.17) is 0 Å². The Morgan fingerprint density at radius 1 is 1.14 bits per heavy atom. The smallest absolute Gasteiger partial charge is 0.279 e. The first-order chi connectivity index (χ1) is 9.81. The Morgan fingerprint density at radius 2 is 1.67 bits per heavy atom. The van der Waals surface area contributed by atoms with Crippen LogP contribution in [0.5, 0.6) is 0 Å². The summed E-state index contributed by atoms with van der Waals surface area (Å²) in [5.74, 6) is -0.379. The van der Waals surface area contributed by atoms with Gasteiger partial charge in [-0.2, -0.15) is 17.4 Å². The van der Waals surface area contributed by atoms with Gasteiger partial charge in [0.15, 0.2) is 0 Å². The highest BCUT2D eigenvalue weighted by Gasteiger charge is 2.16. The van der Waals surface area contributed by atoms with E-state index in [0.717, 1.165) is 34.0 Å². The fraction of sp³-hybridized carbons (Fsp3) is 0.500. The molecule has 21 heavy (non-hydrogen) atoms. The Kier molecular flexibility index (Phi) is 6.32. The van der Waals surface area contributed by atoms with Crippen molar-refractivity contribution in [3.63, 3.8) is 0 Å². The molecular weight excluding hydrogens is 290 g/mol. The summed E-state index contributed by atoms with van der Waals surface area (Å²) < 4.78 is 26.4. The number of aryl methyl sites for hydroxylation is 2. The minimum absolute atomic E-state index is 0.290. The molecule has 0 atom stereocenters. The SMILES string of the molecule is CCc1cccc(CC)c1NC(=O)CNS(=O)(=O)N(C)C. The molecule has 0 aliphatic heterocycles. The van der Waals surface area contributed by atoms with Gasteiger partial charge in [0.25, 0.3) is 10.2 Å². The van der Waals surface area contributed by atoms with Crippen molar-refractivity contribution >= 4 is 21.8 Å². The van der Waals surface area contributed by atoms with Crippen LogP contribution in [0.2, 0.25) is 0 Å². The second-order valence-electron chi connectivity index (χ2n) is 4.82. The third kappa shape index (κ3) is 4.80. The summed E-state index contributed by atoms with van der Waals surface area (Å²) in [6, 6.07) is 5.87. The Morgan fingerprint density at radius 3 is 2.10 bits per heavy atom. The van der Waals surface area contributed by atoms with E-state index in [0.29, 0.717) is 0 Å². The number of nitrogens with zero attached hydrogens (tertiary/aromatic N) is 1. The van der Waals surface area contributed by atoms with E-state index in [-0.39, 0.29) is 12.5 Å². The van der Waals surface area contributed by atoms with E-state index in [2.05, 4.69) is 10.0 Å². The number of carbonyl (C=O) groups is 1. The normalized spacial score (nSPS) is 11.7. The Balaban J connectivity index is 2.80. The Bertz CT molecular complexity index is 575. The third-order valence-corrected chi connectivity index (χ3v) is 4.63. The van der Waals surface area contributed by atoms with E-state index in [1.807, 2.05) is 32.0 Å². The number of benzene rings is 1. The molecule has 0 saturated carbocycles. The number of nitrogens with one attached hydrogen (secondary N) is 2. The summed E-state index contributed by atoms with van der Waals surface area (Å²) in [5, 5.41) is 2.81. The highest BCUT2D eigenvalue weighted by Crippen LogP contribution is 2.22. The lowest BCUT2D eigenvalue weighted by Crippen LogP contribution is -2.40. The first kappa shape index (κ1) is 17.6. The van der Waals surface area contributed by atoms with E-state index < -0.39 is 10.2 Å². The maximum atomic E-state index is 12.0. The van der Waals surface area contributed by atoms with Crippen LogP contribution in [0.25, 0.3) is 0 Å². The highest BCUT2D eigenvalue weighted by molar-refractivity contribution is 7.87. The molecule has 118 valence electrons. The third-order valence-electron chi connectivity index (χ3n) is 3.16. The molecule has 0 fully saturated rings. The molecule has 7 heteroatoms. The first-order valence-electron chi connectivity index (χ1n) is 6.89. The van der Waals surface area contributed by atoms with E-state index in [9.17, 15) is 13.2 Å². The summed E-state index contributed by atoms with van der Waals surface area (Å²) in [4.78, 5) is 12.0. The van der Waals surface area contributed by atoms with Crippen molar-refractivity contribution in [1.29, 1.82) is 0 Å². The van der Waals surface area contributed by atoms with Gasteiger partial charge in [-0.1, -0.05) is 32.0 Å². The van der Waals surface area contributed by atoms with Crippen LogP contribution in [0.1, 0.15) is 25.0 Å². The van der Waals surface area contributed by atoms with Crippen molar-refractivity contribution in [3.05, 3.63) is 29.3 Å². The molecule has 2 N–H and O–H groups in total. The van der Waals surface area contributed by atoms with Crippen LogP contribution in [0, 0.1) is 0 Å². The van der Waals surface area contributed by atoms with Gasteiger partial charge in [0.2, 0.25) is 5.91 Å². The van der Waals surface area contributed by atoms with Crippen LogP contribution in [0.3, 0.4) is 0 Å². The predicted octanol–water partition coefficient (Wildman–Crippen LogP) is 1.15. The quantitative estimate of drug-likeness (QED) is 0.792. The van der Waals surface area contributed by atoms with Crippen LogP contribution < -0.4 is 10.0 Å². The van der Waals surface area contributed by atoms with Crippen molar-refractivity contribution < 1.29 is 13.2 Å². The van der Waals surface area contributed by atoms with Crippen molar-refractivity contribution in [1.82, 2.24) is 9.03 Å². The lowest BCUT2D eigenvalue weighted by Gasteiger charge is -2.16. The van der Waals surface area contributed by atoms with Gasteiger partial charge < -0.3 is 5.32 Å². The van der Waals surface area contributed by atoms with Crippen LogP contribution in [-0.4, -0.2) is 39.3 Å². The summed E-state index contributed by atoms with van der Waals surface area (Å²) in [7, 11) is -0.785. The monoisotopic (exact) mass is 313 g/mol. The van der Waals surface area contributed by atoms with Gasteiger partial charge in [-0.25, -0.2) is 0 Å². The molecule has 6 nitrogen and oxygen atoms in total. The topological polar surface area (TPSA) is 78.5 Å². The summed E-state index contributed by atoms with van der Waals surface area (Å²) >= 11 is 0. The zero-order valence-corrected chi connectivity index (χ0v) is 13.8. The lowest BCUT2D eigenvalue weighted by atomic mass is 10.0. The van der Waals surface area contributed by atoms with Gasteiger partial charge in [-0.15, -0.1) is 0 Å². The molecule has 0 radical (unpaired) electrons. The zero-order valence-electron chi connectivity index (χ0n) is 12.9. The molecule has 0 spiro atoms.